The van der Waals surface area contributed by atoms with Gasteiger partial charge in [-0.3, -0.25) is 4.68 Å². The first-order valence-corrected chi connectivity index (χ1v) is 6.81. The number of aromatic nitrogens is 4. The van der Waals surface area contributed by atoms with Crippen LogP contribution in [0.1, 0.15) is 23.9 Å². The highest BCUT2D eigenvalue weighted by molar-refractivity contribution is 5.17. The summed E-state index contributed by atoms with van der Waals surface area (Å²) in [4.78, 5) is 0. The molecule has 0 aromatic carbocycles. The minimum Gasteiger partial charge on any atom is -0.307 e. The third-order valence-corrected chi connectivity index (χ3v) is 3.13. The minimum atomic E-state index is -4.30. The van der Waals surface area contributed by atoms with Gasteiger partial charge in [-0.15, -0.1) is 0 Å². The van der Waals surface area contributed by atoms with Crippen LogP contribution in [0.4, 0.5) is 17.6 Å². The number of hydrogen-bond donors (Lipinski definition) is 1. The highest BCUT2D eigenvalue weighted by atomic mass is 19.4. The monoisotopic (exact) mass is 319 g/mol. The predicted molar refractivity (Wildman–Crippen MR) is 71.4 cm³/mol. The van der Waals surface area contributed by atoms with Gasteiger partial charge in [-0.05, 0) is 19.9 Å². The van der Waals surface area contributed by atoms with Gasteiger partial charge in [-0.2, -0.15) is 27.8 Å². The molecule has 0 spiro atoms. The molecule has 2 rings (SSSR count). The first-order valence-electron chi connectivity index (χ1n) is 6.81. The zero-order valence-electron chi connectivity index (χ0n) is 12.3. The average molecular weight is 319 g/mol. The summed E-state index contributed by atoms with van der Waals surface area (Å²) in [5.41, 5.74) is 1.51. The van der Waals surface area contributed by atoms with Gasteiger partial charge in [0.1, 0.15) is 6.54 Å². The Labute approximate surface area is 124 Å². The molecular formula is C13H17F4N5. The van der Waals surface area contributed by atoms with E-state index in [-0.39, 0.29) is 13.1 Å². The van der Waals surface area contributed by atoms with Crippen molar-refractivity contribution in [3.05, 3.63) is 35.2 Å². The van der Waals surface area contributed by atoms with E-state index in [2.05, 4.69) is 15.5 Å². The fourth-order valence-corrected chi connectivity index (χ4v) is 2.09. The van der Waals surface area contributed by atoms with Crippen LogP contribution in [0, 0.1) is 12.9 Å². The quantitative estimate of drug-likeness (QED) is 0.832. The van der Waals surface area contributed by atoms with Crippen molar-refractivity contribution in [1.82, 2.24) is 24.9 Å². The van der Waals surface area contributed by atoms with Crippen molar-refractivity contribution in [3.8, 4) is 0 Å². The lowest BCUT2D eigenvalue weighted by Crippen LogP contribution is -2.19. The van der Waals surface area contributed by atoms with Crippen LogP contribution in [0.5, 0.6) is 0 Å². The van der Waals surface area contributed by atoms with Crippen LogP contribution in [-0.2, 0) is 26.2 Å². The molecule has 0 fully saturated rings. The highest BCUT2D eigenvalue weighted by Gasteiger charge is 2.28. The average Bonchev–Trinajstić information content (AvgIpc) is 2.95. The normalized spacial score (nSPS) is 12.1. The maximum Gasteiger partial charge on any atom is 0.408 e. The van der Waals surface area contributed by atoms with Gasteiger partial charge in [0.05, 0.1) is 11.4 Å². The summed E-state index contributed by atoms with van der Waals surface area (Å²) in [7, 11) is 0. The molecule has 5 nitrogen and oxygen atoms in total. The topological polar surface area (TPSA) is 47.7 Å². The summed E-state index contributed by atoms with van der Waals surface area (Å²) in [6.45, 7) is 3.31. The van der Waals surface area contributed by atoms with Crippen molar-refractivity contribution in [2.75, 3.05) is 0 Å². The van der Waals surface area contributed by atoms with E-state index in [0.717, 1.165) is 4.68 Å². The molecule has 2 aromatic rings. The van der Waals surface area contributed by atoms with Gasteiger partial charge in [0, 0.05) is 31.4 Å². The molecule has 1 N–H and O–H groups in total. The van der Waals surface area contributed by atoms with Gasteiger partial charge < -0.3 is 5.32 Å². The number of nitrogens with one attached hydrogen (secondary N) is 1. The Balaban J connectivity index is 1.90. The van der Waals surface area contributed by atoms with E-state index in [1.807, 2.05) is 0 Å². The van der Waals surface area contributed by atoms with Crippen molar-refractivity contribution in [2.24, 2.45) is 0 Å². The van der Waals surface area contributed by atoms with E-state index >= 15 is 0 Å². The molecule has 0 aliphatic carbocycles. The molecule has 122 valence electrons. The third kappa shape index (κ3) is 4.06. The molecule has 0 bridgehead atoms. The van der Waals surface area contributed by atoms with E-state index in [1.165, 1.54) is 16.9 Å². The Morgan fingerprint density at radius 3 is 2.55 bits per heavy atom. The van der Waals surface area contributed by atoms with Crippen LogP contribution >= 0.6 is 0 Å². The molecule has 0 saturated carbocycles. The van der Waals surface area contributed by atoms with E-state index < -0.39 is 18.7 Å². The van der Waals surface area contributed by atoms with Gasteiger partial charge >= 0.3 is 6.18 Å². The Kier molecular flexibility index (Phi) is 4.84. The SMILES string of the molecule is CCn1nc(C)c(CNCc2ccn(CC(F)(F)F)n2)c1F. The summed E-state index contributed by atoms with van der Waals surface area (Å²) in [5, 5.41) is 10.8. The Bertz CT molecular complexity index is 629. The molecule has 2 aromatic heterocycles. The lowest BCUT2D eigenvalue weighted by Gasteiger charge is -2.05. The van der Waals surface area contributed by atoms with E-state index in [0.29, 0.717) is 23.5 Å². The molecular weight excluding hydrogens is 302 g/mol. The smallest absolute Gasteiger partial charge is 0.307 e. The van der Waals surface area contributed by atoms with E-state index in [1.54, 1.807) is 13.8 Å². The Morgan fingerprint density at radius 1 is 1.23 bits per heavy atom. The van der Waals surface area contributed by atoms with Crippen LogP contribution in [0.3, 0.4) is 0 Å². The van der Waals surface area contributed by atoms with Crippen LogP contribution in [0.25, 0.3) is 0 Å². The van der Waals surface area contributed by atoms with Crippen LogP contribution in [-0.4, -0.2) is 25.7 Å². The van der Waals surface area contributed by atoms with E-state index in [9.17, 15) is 17.6 Å². The van der Waals surface area contributed by atoms with Gasteiger partial charge in [0.15, 0.2) is 0 Å². The van der Waals surface area contributed by atoms with Crippen molar-refractivity contribution < 1.29 is 17.6 Å². The number of hydrogen-bond acceptors (Lipinski definition) is 3. The van der Waals surface area contributed by atoms with Gasteiger partial charge in [0.25, 0.3) is 0 Å². The van der Waals surface area contributed by atoms with Crippen molar-refractivity contribution in [1.29, 1.82) is 0 Å². The summed E-state index contributed by atoms with van der Waals surface area (Å²) >= 11 is 0. The van der Waals surface area contributed by atoms with Gasteiger partial charge in [-0.1, -0.05) is 0 Å². The second-order valence-electron chi connectivity index (χ2n) is 4.89. The van der Waals surface area contributed by atoms with Crippen LogP contribution in [0.15, 0.2) is 12.3 Å². The first-order chi connectivity index (χ1) is 10.3. The molecule has 0 unspecified atom stereocenters. The fraction of sp³-hybridized carbons (Fsp3) is 0.538. The molecule has 0 radical (unpaired) electrons. The van der Waals surface area contributed by atoms with Gasteiger partial charge in [-0.25, -0.2) is 4.68 Å². The second kappa shape index (κ2) is 6.47. The molecule has 0 saturated heterocycles. The standard InChI is InChI=1S/C13H17F4N5/c1-3-22-12(14)11(9(2)19-22)7-18-6-10-4-5-21(20-10)8-13(15,16)17/h4-5,18H,3,6-8H2,1-2H3. The minimum absolute atomic E-state index is 0.240. The molecule has 0 atom stereocenters. The zero-order chi connectivity index (χ0) is 16.3. The number of alkyl halides is 3. The van der Waals surface area contributed by atoms with Crippen molar-refractivity contribution >= 4 is 0 Å². The number of nitrogens with zero attached hydrogens (tertiary/aromatic N) is 4. The number of halogens is 4. The summed E-state index contributed by atoms with van der Waals surface area (Å²) in [6.07, 6.45) is -3.03. The molecule has 0 aliphatic rings. The van der Waals surface area contributed by atoms with Crippen LogP contribution in [0.2, 0.25) is 0 Å². The zero-order valence-corrected chi connectivity index (χ0v) is 12.3. The number of rotatable bonds is 6. The highest BCUT2D eigenvalue weighted by Crippen LogP contribution is 2.17. The third-order valence-electron chi connectivity index (χ3n) is 3.13. The summed E-state index contributed by atoms with van der Waals surface area (Å²) < 4.78 is 52.7. The number of aryl methyl sites for hydroxylation is 2. The Morgan fingerprint density at radius 2 is 1.95 bits per heavy atom. The van der Waals surface area contributed by atoms with Gasteiger partial charge in [0.2, 0.25) is 5.95 Å². The molecule has 22 heavy (non-hydrogen) atoms. The lowest BCUT2D eigenvalue weighted by atomic mass is 10.2. The maximum absolute atomic E-state index is 13.9. The molecule has 2 heterocycles. The van der Waals surface area contributed by atoms with Crippen LogP contribution < -0.4 is 5.32 Å². The molecule has 0 aliphatic heterocycles. The van der Waals surface area contributed by atoms with Crippen molar-refractivity contribution in [3.63, 3.8) is 0 Å². The lowest BCUT2D eigenvalue weighted by molar-refractivity contribution is -0.142. The Hall–Kier alpha value is -1.90. The summed E-state index contributed by atoms with van der Waals surface area (Å²) in [6, 6.07) is 1.50. The van der Waals surface area contributed by atoms with Crippen molar-refractivity contribution in [2.45, 2.75) is 46.2 Å². The predicted octanol–water partition coefficient (Wildman–Crippen LogP) is 2.40. The molecule has 9 heteroatoms. The first kappa shape index (κ1) is 16.5. The fourth-order valence-electron chi connectivity index (χ4n) is 2.09. The van der Waals surface area contributed by atoms with E-state index in [4.69, 9.17) is 0 Å². The summed E-state index contributed by atoms with van der Waals surface area (Å²) in [5.74, 6) is -0.393. The second-order valence-corrected chi connectivity index (χ2v) is 4.89. The largest absolute Gasteiger partial charge is 0.408 e. The molecule has 0 amide bonds. The maximum atomic E-state index is 13.9.